The maximum Gasteiger partial charge on any atom is 0.0320 e. The van der Waals surface area contributed by atoms with Gasteiger partial charge in [-0.25, -0.2) is 0 Å². The quantitative estimate of drug-likeness (QED) is 0.889. The highest BCUT2D eigenvalue weighted by atomic mass is 79.9. The molecule has 2 unspecified atom stereocenters. The average Bonchev–Trinajstić information content (AvgIpc) is 2.39. The molecule has 1 N–H and O–H groups in total. The van der Waals surface area contributed by atoms with Gasteiger partial charge in [0.1, 0.15) is 0 Å². The van der Waals surface area contributed by atoms with E-state index in [1.165, 1.54) is 36.0 Å². The summed E-state index contributed by atoms with van der Waals surface area (Å²) in [5, 5.41) is 3.31. The number of hydrogen-bond donors (Lipinski definition) is 1. The molecule has 1 aliphatic heterocycles. The summed E-state index contributed by atoms with van der Waals surface area (Å²) in [7, 11) is 2.05. The van der Waals surface area contributed by atoms with Crippen LogP contribution in [0.1, 0.15) is 31.4 Å². The Morgan fingerprint density at radius 3 is 2.95 bits per heavy atom. The van der Waals surface area contributed by atoms with Crippen molar-refractivity contribution in [2.75, 3.05) is 26.7 Å². The minimum atomic E-state index is 0. The lowest BCUT2D eigenvalue weighted by atomic mass is 9.95. The molecule has 1 aromatic rings. The number of nitrogens with zero attached hydrogens (tertiary/aromatic N) is 1. The minimum absolute atomic E-state index is 0. The molecule has 0 radical (unpaired) electrons. The highest BCUT2D eigenvalue weighted by Crippen LogP contribution is 2.27. The van der Waals surface area contributed by atoms with Gasteiger partial charge in [0.05, 0.1) is 0 Å². The van der Waals surface area contributed by atoms with Crippen molar-refractivity contribution in [1.82, 2.24) is 10.2 Å². The molecule has 1 aromatic carbocycles. The SMILES string of the molecule is CNCC1CCCN(C(C)c2cccc(Br)c2)C1.Cl. The second-order valence-electron chi connectivity index (χ2n) is 5.29. The number of likely N-dealkylation sites (tertiary alicyclic amines) is 1. The van der Waals surface area contributed by atoms with Crippen LogP contribution < -0.4 is 5.32 Å². The number of nitrogens with one attached hydrogen (secondary N) is 1. The lowest BCUT2D eigenvalue weighted by Gasteiger charge is -2.37. The molecule has 1 fully saturated rings. The van der Waals surface area contributed by atoms with Crippen LogP contribution in [-0.4, -0.2) is 31.6 Å². The fraction of sp³-hybridized carbons (Fsp3) is 0.600. The predicted octanol–water partition coefficient (Wildman–Crippen LogP) is 3.86. The molecule has 1 heterocycles. The van der Waals surface area contributed by atoms with E-state index < -0.39 is 0 Å². The first-order valence-corrected chi connectivity index (χ1v) is 7.64. The fourth-order valence-corrected chi connectivity index (χ4v) is 3.30. The molecule has 2 rings (SSSR count). The van der Waals surface area contributed by atoms with Crippen molar-refractivity contribution in [3.63, 3.8) is 0 Å². The van der Waals surface area contributed by atoms with Gasteiger partial charge in [0.15, 0.2) is 0 Å². The molecule has 0 saturated carbocycles. The third-order valence-corrected chi connectivity index (χ3v) is 4.42. The summed E-state index contributed by atoms with van der Waals surface area (Å²) >= 11 is 3.56. The van der Waals surface area contributed by atoms with Gasteiger partial charge in [0.2, 0.25) is 0 Å². The van der Waals surface area contributed by atoms with E-state index in [4.69, 9.17) is 0 Å². The van der Waals surface area contributed by atoms with Gasteiger partial charge in [-0.1, -0.05) is 28.1 Å². The van der Waals surface area contributed by atoms with E-state index in [0.717, 1.165) is 12.5 Å². The molecule has 0 aromatic heterocycles. The zero-order valence-electron chi connectivity index (χ0n) is 11.7. The zero-order valence-corrected chi connectivity index (χ0v) is 14.1. The predicted molar refractivity (Wildman–Crippen MR) is 88.0 cm³/mol. The van der Waals surface area contributed by atoms with E-state index in [-0.39, 0.29) is 12.4 Å². The van der Waals surface area contributed by atoms with Crippen LogP contribution in [0.15, 0.2) is 28.7 Å². The number of hydrogen-bond acceptors (Lipinski definition) is 2. The topological polar surface area (TPSA) is 15.3 Å². The van der Waals surface area contributed by atoms with E-state index in [2.05, 4.69) is 64.4 Å². The Bertz CT molecular complexity index is 384. The van der Waals surface area contributed by atoms with Crippen molar-refractivity contribution in [3.05, 3.63) is 34.3 Å². The van der Waals surface area contributed by atoms with Gasteiger partial charge in [0, 0.05) is 17.1 Å². The molecule has 19 heavy (non-hydrogen) atoms. The van der Waals surface area contributed by atoms with E-state index in [9.17, 15) is 0 Å². The van der Waals surface area contributed by atoms with Crippen LogP contribution >= 0.6 is 28.3 Å². The van der Waals surface area contributed by atoms with Crippen LogP contribution in [-0.2, 0) is 0 Å². The van der Waals surface area contributed by atoms with Gasteiger partial charge in [-0.2, -0.15) is 0 Å². The van der Waals surface area contributed by atoms with Gasteiger partial charge >= 0.3 is 0 Å². The van der Waals surface area contributed by atoms with Crippen molar-refractivity contribution in [2.45, 2.75) is 25.8 Å². The van der Waals surface area contributed by atoms with Crippen LogP contribution in [0, 0.1) is 5.92 Å². The first-order valence-electron chi connectivity index (χ1n) is 6.85. The Balaban J connectivity index is 0.00000180. The second kappa shape index (κ2) is 8.25. The molecule has 2 atom stereocenters. The molecule has 1 saturated heterocycles. The maximum absolute atomic E-state index is 3.56. The summed E-state index contributed by atoms with van der Waals surface area (Å²) in [6, 6.07) is 9.21. The highest BCUT2D eigenvalue weighted by molar-refractivity contribution is 9.10. The molecule has 1 aliphatic rings. The summed E-state index contributed by atoms with van der Waals surface area (Å²) in [4.78, 5) is 2.62. The first kappa shape index (κ1) is 17.0. The van der Waals surface area contributed by atoms with E-state index >= 15 is 0 Å². The smallest absolute Gasteiger partial charge is 0.0320 e. The van der Waals surface area contributed by atoms with Gasteiger partial charge in [0.25, 0.3) is 0 Å². The Kier molecular flexibility index (Phi) is 7.37. The molecule has 0 aliphatic carbocycles. The molecular formula is C15H24BrClN2. The van der Waals surface area contributed by atoms with Crippen molar-refractivity contribution in [1.29, 1.82) is 0 Å². The lowest BCUT2D eigenvalue weighted by Crippen LogP contribution is -2.40. The van der Waals surface area contributed by atoms with Gasteiger partial charge in [-0.3, -0.25) is 4.90 Å². The van der Waals surface area contributed by atoms with Crippen LogP contribution in [0.2, 0.25) is 0 Å². The number of piperidine rings is 1. The standard InChI is InChI=1S/C15H23BrN2.ClH/c1-12(14-6-3-7-15(16)9-14)18-8-4-5-13(11-18)10-17-2;/h3,6-7,9,12-13,17H,4-5,8,10-11H2,1-2H3;1H. The summed E-state index contributed by atoms with van der Waals surface area (Å²) in [5.41, 5.74) is 1.41. The summed E-state index contributed by atoms with van der Waals surface area (Å²) < 4.78 is 1.18. The van der Waals surface area contributed by atoms with E-state index in [0.29, 0.717) is 6.04 Å². The van der Waals surface area contributed by atoms with Crippen molar-refractivity contribution >= 4 is 28.3 Å². The fourth-order valence-electron chi connectivity index (χ4n) is 2.88. The molecule has 2 nitrogen and oxygen atoms in total. The molecular weight excluding hydrogens is 324 g/mol. The maximum atomic E-state index is 3.56. The monoisotopic (exact) mass is 346 g/mol. The van der Waals surface area contributed by atoms with Gasteiger partial charge in [-0.05, 0) is 63.5 Å². The Morgan fingerprint density at radius 1 is 1.47 bits per heavy atom. The Labute approximate surface area is 131 Å². The zero-order chi connectivity index (χ0) is 13.0. The average molecular weight is 348 g/mol. The minimum Gasteiger partial charge on any atom is -0.319 e. The molecule has 4 heteroatoms. The van der Waals surface area contributed by atoms with Crippen molar-refractivity contribution < 1.29 is 0 Å². The normalized spacial score (nSPS) is 21.7. The summed E-state index contributed by atoms with van der Waals surface area (Å²) in [6.45, 7) is 5.91. The Morgan fingerprint density at radius 2 is 2.26 bits per heavy atom. The highest BCUT2D eigenvalue weighted by Gasteiger charge is 2.23. The van der Waals surface area contributed by atoms with Crippen LogP contribution in [0.3, 0.4) is 0 Å². The number of benzene rings is 1. The first-order chi connectivity index (χ1) is 8.70. The molecule has 108 valence electrons. The summed E-state index contributed by atoms with van der Waals surface area (Å²) in [6.07, 6.45) is 2.69. The van der Waals surface area contributed by atoms with Crippen LogP contribution in [0.25, 0.3) is 0 Å². The van der Waals surface area contributed by atoms with E-state index in [1.54, 1.807) is 0 Å². The second-order valence-corrected chi connectivity index (χ2v) is 6.21. The Hall–Kier alpha value is -0.0900. The molecule has 0 spiro atoms. The summed E-state index contributed by atoms with van der Waals surface area (Å²) in [5.74, 6) is 0.804. The third-order valence-electron chi connectivity index (χ3n) is 3.92. The van der Waals surface area contributed by atoms with Crippen molar-refractivity contribution in [3.8, 4) is 0 Å². The van der Waals surface area contributed by atoms with Crippen LogP contribution in [0.4, 0.5) is 0 Å². The van der Waals surface area contributed by atoms with Gasteiger partial charge < -0.3 is 5.32 Å². The number of rotatable bonds is 4. The molecule has 0 amide bonds. The lowest BCUT2D eigenvalue weighted by molar-refractivity contribution is 0.131. The largest absolute Gasteiger partial charge is 0.319 e. The number of halogens is 2. The molecule has 0 bridgehead atoms. The van der Waals surface area contributed by atoms with Crippen molar-refractivity contribution in [2.24, 2.45) is 5.92 Å². The van der Waals surface area contributed by atoms with E-state index in [1.807, 2.05) is 0 Å². The van der Waals surface area contributed by atoms with Crippen LogP contribution in [0.5, 0.6) is 0 Å². The third kappa shape index (κ3) is 4.75. The van der Waals surface area contributed by atoms with Gasteiger partial charge in [-0.15, -0.1) is 12.4 Å².